The minimum atomic E-state index is 0.0926. The summed E-state index contributed by atoms with van der Waals surface area (Å²) < 4.78 is 5.86. The third-order valence-corrected chi connectivity index (χ3v) is 3.72. The predicted molar refractivity (Wildman–Crippen MR) is 82.8 cm³/mol. The Labute approximate surface area is 124 Å². The Morgan fingerprint density at radius 2 is 1.85 bits per heavy atom. The van der Waals surface area contributed by atoms with Crippen molar-refractivity contribution in [1.29, 1.82) is 0 Å². The van der Waals surface area contributed by atoms with Gasteiger partial charge in [0.2, 0.25) is 5.91 Å². The van der Waals surface area contributed by atoms with Crippen molar-refractivity contribution in [2.24, 2.45) is 5.92 Å². The van der Waals surface area contributed by atoms with E-state index in [1.54, 1.807) is 0 Å². The van der Waals surface area contributed by atoms with Gasteiger partial charge in [-0.3, -0.25) is 4.79 Å². The molecule has 0 spiro atoms. The first-order chi connectivity index (χ1) is 9.49. The van der Waals surface area contributed by atoms with Crippen LogP contribution in [0.4, 0.5) is 0 Å². The predicted octanol–water partition coefficient (Wildman–Crippen LogP) is 2.43. The van der Waals surface area contributed by atoms with Crippen molar-refractivity contribution in [2.75, 3.05) is 26.2 Å². The van der Waals surface area contributed by atoms with E-state index in [2.05, 4.69) is 24.1 Å². The van der Waals surface area contributed by atoms with E-state index in [9.17, 15) is 4.79 Å². The van der Waals surface area contributed by atoms with Gasteiger partial charge in [-0.2, -0.15) is 0 Å². The van der Waals surface area contributed by atoms with Crippen molar-refractivity contribution >= 4 is 5.91 Å². The van der Waals surface area contributed by atoms with E-state index in [4.69, 9.17) is 4.74 Å². The molecule has 1 aliphatic heterocycles. The Balaban J connectivity index is 2.00. The van der Waals surface area contributed by atoms with E-state index in [0.717, 1.165) is 51.9 Å². The van der Waals surface area contributed by atoms with Gasteiger partial charge in [0.05, 0.1) is 12.2 Å². The van der Waals surface area contributed by atoms with Crippen LogP contribution in [0.15, 0.2) is 0 Å². The van der Waals surface area contributed by atoms with Crippen LogP contribution in [0.3, 0.4) is 0 Å². The number of nitrogens with one attached hydrogen (secondary N) is 1. The largest absolute Gasteiger partial charge is 0.375 e. The molecule has 20 heavy (non-hydrogen) atoms. The highest BCUT2D eigenvalue weighted by Gasteiger charge is 2.19. The standard InChI is InChI=1S/C16H32N2O2/c1-13(2)16(19)17-9-5-6-10-18-11-7-15(8-12-18)20-14(3)4/h13-15H,5-12H2,1-4H3,(H,17,19). The number of ether oxygens (including phenoxy) is 1. The van der Waals surface area contributed by atoms with Gasteiger partial charge in [0.15, 0.2) is 0 Å². The van der Waals surface area contributed by atoms with Gasteiger partial charge in [-0.1, -0.05) is 13.8 Å². The summed E-state index contributed by atoms with van der Waals surface area (Å²) >= 11 is 0. The molecule has 1 heterocycles. The first-order valence-corrected chi connectivity index (χ1v) is 8.14. The van der Waals surface area contributed by atoms with Crippen LogP contribution >= 0.6 is 0 Å². The number of likely N-dealkylation sites (tertiary alicyclic amines) is 1. The fraction of sp³-hybridized carbons (Fsp3) is 0.938. The van der Waals surface area contributed by atoms with Gasteiger partial charge in [-0.25, -0.2) is 0 Å². The number of carbonyl (C=O) groups excluding carboxylic acids is 1. The average Bonchev–Trinajstić information content (AvgIpc) is 2.39. The fourth-order valence-electron chi connectivity index (χ4n) is 2.53. The van der Waals surface area contributed by atoms with Gasteiger partial charge < -0.3 is 15.0 Å². The van der Waals surface area contributed by atoms with Crippen molar-refractivity contribution < 1.29 is 9.53 Å². The lowest BCUT2D eigenvalue weighted by atomic mass is 10.1. The zero-order valence-corrected chi connectivity index (χ0v) is 13.7. The summed E-state index contributed by atoms with van der Waals surface area (Å²) in [6, 6.07) is 0. The number of hydrogen-bond donors (Lipinski definition) is 1. The Morgan fingerprint density at radius 3 is 2.40 bits per heavy atom. The molecule has 0 radical (unpaired) electrons. The first kappa shape index (κ1) is 17.4. The number of carbonyl (C=O) groups is 1. The van der Waals surface area contributed by atoms with E-state index >= 15 is 0 Å². The number of hydrogen-bond acceptors (Lipinski definition) is 3. The summed E-state index contributed by atoms with van der Waals surface area (Å²) in [5, 5.41) is 2.97. The third kappa shape index (κ3) is 7.25. The second kappa shape index (κ2) is 9.35. The van der Waals surface area contributed by atoms with E-state index in [1.807, 2.05) is 13.8 Å². The first-order valence-electron chi connectivity index (χ1n) is 8.14. The molecule has 0 bridgehead atoms. The topological polar surface area (TPSA) is 41.6 Å². The van der Waals surface area contributed by atoms with Crippen LogP contribution < -0.4 is 5.32 Å². The zero-order chi connectivity index (χ0) is 15.0. The van der Waals surface area contributed by atoms with Crippen molar-refractivity contribution in [3.8, 4) is 0 Å². The lowest BCUT2D eigenvalue weighted by molar-refractivity contribution is -0.123. The Morgan fingerprint density at radius 1 is 1.20 bits per heavy atom. The quantitative estimate of drug-likeness (QED) is 0.696. The fourth-order valence-corrected chi connectivity index (χ4v) is 2.53. The Hall–Kier alpha value is -0.610. The van der Waals surface area contributed by atoms with Crippen molar-refractivity contribution in [3.05, 3.63) is 0 Å². The molecule has 1 fully saturated rings. The van der Waals surface area contributed by atoms with Crippen LogP contribution in [0, 0.1) is 5.92 Å². The van der Waals surface area contributed by atoms with Crippen LogP contribution in [-0.2, 0) is 9.53 Å². The summed E-state index contributed by atoms with van der Waals surface area (Å²) in [7, 11) is 0. The highest BCUT2D eigenvalue weighted by molar-refractivity contribution is 5.77. The average molecular weight is 284 g/mol. The molecule has 0 aliphatic carbocycles. The van der Waals surface area contributed by atoms with Gasteiger partial charge >= 0.3 is 0 Å². The van der Waals surface area contributed by atoms with E-state index in [1.165, 1.54) is 0 Å². The molecule has 0 aromatic heterocycles. The molecule has 4 nitrogen and oxygen atoms in total. The highest BCUT2D eigenvalue weighted by Crippen LogP contribution is 2.15. The third-order valence-electron chi connectivity index (χ3n) is 3.72. The molecule has 1 rings (SSSR count). The minimum absolute atomic E-state index is 0.0926. The molecule has 1 N–H and O–H groups in total. The van der Waals surface area contributed by atoms with E-state index in [-0.39, 0.29) is 11.8 Å². The van der Waals surface area contributed by atoms with E-state index in [0.29, 0.717) is 12.2 Å². The SMILES string of the molecule is CC(C)OC1CCN(CCCCNC(=O)C(C)C)CC1. The van der Waals surface area contributed by atoms with Crippen molar-refractivity contribution in [1.82, 2.24) is 10.2 Å². The highest BCUT2D eigenvalue weighted by atomic mass is 16.5. The maximum atomic E-state index is 11.4. The van der Waals surface area contributed by atoms with Crippen LogP contribution in [-0.4, -0.2) is 49.2 Å². The van der Waals surface area contributed by atoms with Gasteiger partial charge in [0, 0.05) is 25.6 Å². The number of piperidine rings is 1. The zero-order valence-electron chi connectivity index (χ0n) is 13.7. The van der Waals surface area contributed by atoms with Gasteiger partial charge in [-0.05, 0) is 46.1 Å². The van der Waals surface area contributed by atoms with Crippen LogP contribution in [0.5, 0.6) is 0 Å². The monoisotopic (exact) mass is 284 g/mol. The Bertz CT molecular complexity index is 272. The minimum Gasteiger partial charge on any atom is -0.375 e. The molecule has 0 aromatic carbocycles. The van der Waals surface area contributed by atoms with Crippen molar-refractivity contribution in [3.63, 3.8) is 0 Å². The molecular formula is C16H32N2O2. The summed E-state index contributed by atoms with van der Waals surface area (Å²) in [4.78, 5) is 13.9. The summed E-state index contributed by atoms with van der Waals surface area (Å²) in [5.74, 6) is 0.256. The molecule has 0 atom stereocenters. The molecule has 0 saturated carbocycles. The summed E-state index contributed by atoms with van der Waals surface area (Å²) in [5.41, 5.74) is 0. The van der Waals surface area contributed by atoms with Gasteiger partial charge in [-0.15, -0.1) is 0 Å². The maximum Gasteiger partial charge on any atom is 0.222 e. The Kier molecular flexibility index (Phi) is 8.15. The number of rotatable bonds is 8. The smallest absolute Gasteiger partial charge is 0.222 e. The maximum absolute atomic E-state index is 11.4. The second-order valence-electron chi connectivity index (χ2n) is 6.38. The van der Waals surface area contributed by atoms with Crippen molar-refractivity contribution in [2.45, 2.75) is 65.6 Å². The van der Waals surface area contributed by atoms with Crippen LogP contribution in [0.1, 0.15) is 53.4 Å². The lowest BCUT2D eigenvalue weighted by Gasteiger charge is -2.32. The number of unbranched alkanes of at least 4 members (excludes halogenated alkanes) is 1. The van der Waals surface area contributed by atoms with E-state index < -0.39 is 0 Å². The molecule has 4 heteroatoms. The van der Waals surface area contributed by atoms with Gasteiger partial charge in [0.25, 0.3) is 0 Å². The summed E-state index contributed by atoms with van der Waals surface area (Å²) in [6.45, 7) is 12.3. The summed E-state index contributed by atoms with van der Waals surface area (Å²) in [6.07, 6.45) is 5.34. The molecule has 0 aromatic rings. The molecule has 0 unspecified atom stereocenters. The van der Waals surface area contributed by atoms with Gasteiger partial charge in [0.1, 0.15) is 0 Å². The molecule has 1 aliphatic rings. The molecule has 1 amide bonds. The molecule has 1 saturated heterocycles. The normalized spacial score (nSPS) is 17.9. The lowest BCUT2D eigenvalue weighted by Crippen LogP contribution is -2.38. The molecular weight excluding hydrogens is 252 g/mol. The molecule has 118 valence electrons. The number of nitrogens with zero attached hydrogens (tertiary/aromatic N) is 1. The van der Waals surface area contributed by atoms with Crippen LogP contribution in [0.2, 0.25) is 0 Å². The second-order valence-corrected chi connectivity index (χ2v) is 6.38. The van der Waals surface area contributed by atoms with Crippen LogP contribution in [0.25, 0.3) is 0 Å². The number of amides is 1.